The summed E-state index contributed by atoms with van der Waals surface area (Å²) in [5, 5.41) is 22.7. The molecule has 0 fully saturated rings. The second-order valence-electron chi connectivity index (χ2n) is 3.98. The summed E-state index contributed by atoms with van der Waals surface area (Å²) < 4.78 is 3.23. The van der Waals surface area contributed by atoms with Crippen LogP contribution in [0.2, 0.25) is 0 Å². The molecule has 0 spiro atoms. The van der Waals surface area contributed by atoms with Gasteiger partial charge >= 0.3 is 0 Å². The molecule has 3 aromatic rings. The van der Waals surface area contributed by atoms with Gasteiger partial charge in [0.05, 0.1) is 6.20 Å². The first-order valence-electron chi connectivity index (χ1n) is 5.51. The summed E-state index contributed by atoms with van der Waals surface area (Å²) in [7, 11) is 1.92. The van der Waals surface area contributed by atoms with E-state index < -0.39 is 0 Å². The second kappa shape index (κ2) is 4.06. The first-order chi connectivity index (χ1) is 8.74. The third-order valence-electron chi connectivity index (χ3n) is 2.87. The van der Waals surface area contributed by atoms with Crippen molar-refractivity contribution in [1.29, 1.82) is 0 Å². The van der Waals surface area contributed by atoms with Crippen molar-refractivity contribution in [3.05, 3.63) is 29.6 Å². The molecule has 1 N–H and O–H groups in total. The SMILES string of the molecule is Cc1c(CNc2ccc3nnnn3n2)cnn1C. The molecular formula is C10H12N8. The fraction of sp³-hybridized carbons (Fsp3) is 0.300. The highest BCUT2D eigenvalue weighted by molar-refractivity contribution is 5.42. The van der Waals surface area contributed by atoms with Gasteiger partial charge in [0.25, 0.3) is 0 Å². The molecule has 0 aliphatic heterocycles. The smallest absolute Gasteiger partial charge is 0.200 e. The number of tetrazole rings is 1. The van der Waals surface area contributed by atoms with Gasteiger partial charge in [-0.25, -0.2) is 0 Å². The molecule has 0 bridgehead atoms. The molecule has 0 aliphatic carbocycles. The summed E-state index contributed by atoms with van der Waals surface area (Å²) in [6, 6.07) is 3.66. The van der Waals surface area contributed by atoms with Crippen LogP contribution >= 0.6 is 0 Å². The topological polar surface area (TPSA) is 85.8 Å². The van der Waals surface area contributed by atoms with Gasteiger partial charge in [-0.2, -0.15) is 5.10 Å². The minimum Gasteiger partial charge on any atom is -0.364 e. The van der Waals surface area contributed by atoms with Crippen LogP contribution in [0, 0.1) is 6.92 Å². The minimum absolute atomic E-state index is 0.623. The first-order valence-corrected chi connectivity index (χ1v) is 5.51. The highest BCUT2D eigenvalue weighted by Crippen LogP contribution is 2.09. The summed E-state index contributed by atoms with van der Waals surface area (Å²) in [4.78, 5) is 0. The van der Waals surface area contributed by atoms with E-state index in [2.05, 4.69) is 31.0 Å². The molecule has 0 atom stereocenters. The van der Waals surface area contributed by atoms with Crippen LogP contribution in [0.3, 0.4) is 0 Å². The van der Waals surface area contributed by atoms with E-state index in [0.717, 1.165) is 17.1 Å². The molecule has 18 heavy (non-hydrogen) atoms. The number of hydrogen-bond acceptors (Lipinski definition) is 6. The van der Waals surface area contributed by atoms with Crippen molar-refractivity contribution in [3.8, 4) is 0 Å². The van der Waals surface area contributed by atoms with E-state index in [9.17, 15) is 0 Å². The molecule has 0 radical (unpaired) electrons. The summed E-state index contributed by atoms with van der Waals surface area (Å²) in [5.41, 5.74) is 2.89. The van der Waals surface area contributed by atoms with Crippen LogP contribution in [0.4, 0.5) is 5.82 Å². The molecule has 8 heteroatoms. The maximum Gasteiger partial charge on any atom is 0.200 e. The van der Waals surface area contributed by atoms with Crippen LogP contribution in [0.15, 0.2) is 18.3 Å². The van der Waals surface area contributed by atoms with Gasteiger partial charge < -0.3 is 5.32 Å². The molecule has 3 heterocycles. The van der Waals surface area contributed by atoms with Crippen LogP contribution in [0.5, 0.6) is 0 Å². The zero-order chi connectivity index (χ0) is 12.5. The maximum absolute atomic E-state index is 4.23. The standard InChI is InChI=1S/C10H12N8/c1-7-8(6-12-17(7)2)5-11-9-3-4-10-13-15-16-18(10)14-9/h3-4,6H,5H2,1-2H3,(H,11,14). The van der Waals surface area contributed by atoms with E-state index in [1.165, 1.54) is 4.63 Å². The van der Waals surface area contributed by atoms with Crippen molar-refractivity contribution in [2.75, 3.05) is 5.32 Å². The number of aromatic nitrogens is 7. The third-order valence-corrected chi connectivity index (χ3v) is 2.87. The predicted octanol–water partition coefficient (Wildman–Crippen LogP) is 0.173. The van der Waals surface area contributed by atoms with Crippen LogP contribution in [-0.4, -0.2) is 35.0 Å². The number of aryl methyl sites for hydroxylation is 1. The Morgan fingerprint density at radius 1 is 1.33 bits per heavy atom. The Morgan fingerprint density at radius 2 is 2.22 bits per heavy atom. The fourth-order valence-corrected chi connectivity index (χ4v) is 1.65. The van der Waals surface area contributed by atoms with Crippen molar-refractivity contribution < 1.29 is 0 Å². The summed E-state index contributed by atoms with van der Waals surface area (Å²) in [6.45, 7) is 2.70. The van der Waals surface area contributed by atoms with Gasteiger partial charge in [-0.1, -0.05) is 0 Å². The predicted molar refractivity (Wildman–Crippen MR) is 63.8 cm³/mol. The van der Waals surface area contributed by atoms with Gasteiger partial charge in [-0.05, 0) is 29.5 Å². The summed E-state index contributed by atoms with van der Waals surface area (Å²) >= 11 is 0. The Balaban J connectivity index is 1.78. The Bertz CT molecular complexity index is 682. The molecule has 0 aromatic carbocycles. The quantitative estimate of drug-likeness (QED) is 0.707. The lowest BCUT2D eigenvalue weighted by Gasteiger charge is -2.04. The van der Waals surface area contributed by atoms with Crippen molar-refractivity contribution >= 4 is 11.5 Å². The van der Waals surface area contributed by atoms with Gasteiger partial charge in [0.2, 0.25) is 0 Å². The molecule has 0 aliphatic rings. The van der Waals surface area contributed by atoms with E-state index in [1.54, 1.807) is 0 Å². The van der Waals surface area contributed by atoms with Crippen molar-refractivity contribution in [2.45, 2.75) is 13.5 Å². The van der Waals surface area contributed by atoms with E-state index in [-0.39, 0.29) is 0 Å². The molecule has 3 aromatic heterocycles. The zero-order valence-corrected chi connectivity index (χ0v) is 10.1. The maximum atomic E-state index is 4.23. The van der Waals surface area contributed by atoms with Crippen LogP contribution in [-0.2, 0) is 13.6 Å². The fourth-order valence-electron chi connectivity index (χ4n) is 1.65. The number of anilines is 1. The highest BCUT2D eigenvalue weighted by Gasteiger charge is 2.04. The molecule has 92 valence electrons. The lowest BCUT2D eigenvalue weighted by Crippen LogP contribution is -2.05. The monoisotopic (exact) mass is 244 g/mol. The molecule has 0 saturated heterocycles. The Kier molecular flexibility index (Phi) is 2.40. The second-order valence-corrected chi connectivity index (χ2v) is 3.98. The summed E-state index contributed by atoms with van der Waals surface area (Å²) in [5.74, 6) is 0.720. The van der Waals surface area contributed by atoms with E-state index in [0.29, 0.717) is 12.2 Å². The molecule has 0 unspecified atom stereocenters. The van der Waals surface area contributed by atoms with Crippen molar-refractivity contribution in [2.24, 2.45) is 7.05 Å². The average Bonchev–Trinajstić information content (AvgIpc) is 2.96. The van der Waals surface area contributed by atoms with Gasteiger partial charge in [0.15, 0.2) is 5.65 Å². The lowest BCUT2D eigenvalue weighted by molar-refractivity contribution is 0.732. The number of nitrogens with zero attached hydrogens (tertiary/aromatic N) is 7. The average molecular weight is 244 g/mol. The molecule has 3 rings (SSSR count). The third kappa shape index (κ3) is 1.77. The summed E-state index contributed by atoms with van der Waals surface area (Å²) in [6.07, 6.45) is 1.85. The van der Waals surface area contributed by atoms with E-state index in [4.69, 9.17) is 0 Å². The van der Waals surface area contributed by atoms with Gasteiger partial charge in [-0.3, -0.25) is 4.68 Å². The van der Waals surface area contributed by atoms with E-state index >= 15 is 0 Å². The normalized spacial score (nSPS) is 11.0. The Labute approximate surface area is 103 Å². The van der Waals surface area contributed by atoms with Crippen LogP contribution in [0.25, 0.3) is 5.65 Å². The number of fused-ring (bicyclic) bond motifs is 1. The van der Waals surface area contributed by atoms with Crippen LogP contribution < -0.4 is 5.32 Å². The Hall–Kier alpha value is -2.51. The van der Waals surface area contributed by atoms with Gasteiger partial charge in [0.1, 0.15) is 5.82 Å². The number of nitrogens with one attached hydrogen (secondary N) is 1. The number of rotatable bonds is 3. The van der Waals surface area contributed by atoms with Gasteiger partial charge in [0, 0.05) is 24.8 Å². The Morgan fingerprint density at radius 3 is 3.00 bits per heavy atom. The van der Waals surface area contributed by atoms with Gasteiger partial charge in [-0.15, -0.1) is 14.8 Å². The number of hydrogen-bond donors (Lipinski definition) is 1. The molecular weight excluding hydrogens is 232 g/mol. The lowest BCUT2D eigenvalue weighted by atomic mass is 10.2. The van der Waals surface area contributed by atoms with E-state index in [1.807, 2.05) is 37.0 Å². The molecule has 8 nitrogen and oxygen atoms in total. The molecule has 0 amide bonds. The largest absolute Gasteiger partial charge is 0.364 e. The first kappa shape index (κ1) is 10.6. The highest BCUT2D eigenvalue weighted by atomic mass is 15.6. The minimum atomic E-state index is 0.623. The molecule has 0 saturated carbocycles. The van der Waals surface area contributed by atoms with Crippen LogP contribution in [0.1, 0.15) is 11.3 Å². The van der Waals surface area contributed by atoms with Crippen molar-refractivity contribution in [1.82, 2.24) is 35.0 Å². The zero-order valence-electron chi connectivity index (χ0n) is 10.1. The van der Waals surface area contributed by atoms with Crippen molar-refractivity contribution in [3.63, 3.8) is 0 Å².